The number of aromatic nitrogens is 1. The highest BCUT2D eigenvalue weighted by atomic mass is 15.2. The van der Waals surface area contributed by atoms with Crippen molar-refractivity contribution >= 4 is 11.5 Å². The third kappa shape index (κ3) is 2.93. The zero-order valence-corrected chi connectivity index (χ0v) is 13.1. The van der Waals surface area contributed by atoms with Gasteiger partial charge >= 0.3 is 0 Å². The second kappa shape index (κ2) is 5.86. The maximum absolute atomic E-state index is 4.76. The summed E-state index contributed by atoms with van der Waals surface area (Å²) in [5, 5.41) is 3.22. The Balaban J connectivity index is 2.02. The zero-order valence-electron chi connectivity index (χ0n) is 13.1. The molecule has 0 unspecified atom stereocenters. The van der Waals surface area contributed by atoms with Crippen LogP contribution in [0.1, 0.15) is 28.8 Å². The first-order chi connectivity index (χ1) is 10.2. The van der Waals surface area contributed by atoms with Gasteiger partial charge in [0.05, 0.1) is 0 Å². The molecule has 1 aromatic heterocycles. The minimum Gasteiger partial charge on any atom is -0.326 e. The molecule has 1 N–H and O–H groups in total. The molecule has 3 heteroatoms. The van der Waals surface area contributed by atoms with E-state index in [-0.39, 0.29) is 0 Å². The summed E-state index contributed by atoms with van der Waals surface area (Å²) >= 11 is 0. The van der Waals surface area contributed by atoms with E-state index in [2.05, 4.69) is 54.4 Å². The van der Waals surface area contributed by atoms with Crippen molar-refractivity contribution in [1.82, 2.24) is 10.3 Å². The topological polar surface area (TPSA) is 28.2 Å². The van der Waals surface area contributed by atoms with Gasteiger partial charge in [-0.15, -0.1) is 0 Å². The Kier molecular flexibility index (Phi) is 3.93. The number of nitrogens with zero attached hydrogens (tertiary/aromatic N) is 2. The standard InChI is InChI=1S/C18H23N3/c1-13-6-7-17-16(9-13)5-4-8-21(17)18-11-15(12-19-3)10-14(2)20-18/h6-7,9-11,19H,4-5,8,12H2,1-3H3. The van der Waals surface area contributed by atoms with Crippen LogP contribution in [-0.2, 0) is 13.0 Å². The first-order valence-electron chi connectivity index (χ1n) is 7.66. The summed E-state index contributed by atoms with van der Waals surface area (Å²) in [6, 6.07) is 11.1. The first-order valence-corrected chi connectivity index (χ1v) is 7.66. The number of aryl methyl sites for hydroxylation is 3. The van der Waals surface area contributed by atoms with Gasteiger partial charge in [-0.25, -0.2) is 4.98 Å². The van der Waals surface area contributed by atoms with Crippen LogP contribution in [0.25, 0.3) is 0 Å². The monoisotopic (exact) mass is 281 g/mol. The van der Waals surface area contributed by atoms with E-state index in [1.54, 1.807) is 0 Å². The van der Waals surface area contributed by atoms with E-state index in [4.69, 9.17) is 4.98 Å². The molecular weight excluding hydrogens is 258 g/mol. The molecule has 1 aliphatic rings. The Morgan fingerprint density at radius 2 is 2.05 bits per heavy atom. The fourth-order valence-electron chi connectivity index (χ4n) is 3.13. The lowest BCUT2D eigenvalue weighted by Crippen LogP contribution is -2.25. The molecule has 0 bridgehead atoms. The van der Waals surface area contributed by atoms with Crippen LogP contribution < -0.4 is 10.2 Å². The maximum atomic E-state index is 4.76. The average molecular weight is 281 g/mol. The fraction of sp³-hybridized carbons (Fsp3) is 0.389. The van der Waals surface area contributed by atoms with E-state index in [1.165, 1.54) is 35.2 Å². The molecule has 1 aliphatic heterocycles. The number of hydrogen-bond donors (Lipinski definition) is 1. The van der Waals surface area contributed by atoms with Gasteiger partial charge in [-0.05, 0) is 63.1 Å². The SMILES string of the molecule is CNCc1cc(C)nc(N2CCCc3cc(C)ccc32)c1. The lowest BCUT2D eigenvalue weighted by Gasteiger charge is -2.31. The molecule has 3 nitrogen and oxygen atoms in total. The number of nitrogens with one attached hydrogen (secondary N) is 1. The third-order valence-corrected chi connectivity index (χ3v) is 4.01. The van der Waals surface area contributed by atoms with E-state index in [0.717, 1.165) is 24.6 Å². The quantitative estimate of drug-likeness (QED) is 0.933. The molecule has 0 saturated heterocycles. The van der Waals surface area contributed by atoms with Gasteiger partial charge < -0.3 is 10.2 Å². The van der Waals surface area contributed by atoms with E-state index in [0.29, 0.717) is 0 Å². The van der Waals surface area contributed by atoms with Crippen molar-refractivity contribution in [2.24, 2.45) is 0 Å². The molecule has 2 aromatic rings. The Morgan fingerprint density at radius 1 is 1.19 bits per heavy atom. The lowest BCUT2D eigenvalue weighted by molar-refractivity contribution is 0.754. The summed E-state index contributed by atoms with van der Waals surface area (Å²) in [4.78, 5) is 7.12. The summed E-state index contributed by atoms with van der Waals surface area (Å²) in [6.07, 6.45) is 2.36. The van der Waals surface area contributed by atoms with Crippen molar-refractivity contribution in [2.75, 3.05) is 18.5 Å². The average Bonchev–Trinajstić information content (AvgIpc) is 2.46. The summed E-state index contributed by atoms with van der Waals surface area (Å²) in [5.74, 6) is 1.07. The number of anilines is 2. The van der Waals surface area contributed by atoms with Crippen molar-refractivity contribution in [1.29, 1.82) is 0 Å². The van der Waals surface area contributed by atoms with Crippen LogP contribution in [-0.4, -0.2) is 18.6 Å². The highest BCUT2D eigenvalue weighted by Crippen LogP contribution is 2.33. The van der Waals surface area contributed by atoms with E-state index < -0.39 is 0 Å². The van der Waals surface area contributed by atoms with Crippen molar-refractivity contribution < 1.29 is 0 Å². The molecule has 1 aromatic carbocycles. The van der Waals surface area contributed by atoms with Crippen LogP contribution in [0.5, 0.6) is 0 Å². The number of rotatable bonds is 3. The van der Waals surface area contributed by atoms with Crippen LogP contribution in [0.4, 0.5) is 11.5 Å². The minimum absolute atomic E-state index is 0.880. The van der Waals surface area contributed by atoms with E-state index in [9.17, 15) is 0 Å². The predicted molar refractivity (Wildman–Crippen MR) is 88.2 cm³/mol. The van der Waals surface area contributed by atoms with Gasteiger partial charge in [0, 0.05) is 24.5 Å². The molecule has 3 rings (SSSR count). The molecule has 21 heavy (non-hydrogen) atoms. The first kappa shape index (κ1) is 14.1. The van der Waals surface area contributed by atoms with Crippen LogP contribution >= 0.6 is 0 Å². The van der Waals surface area contributed by atoms with Crippen molar-refractivity contribution in [3.05, 3.63) is 52.7 Å². The molecule has 0 spiro atoms. The lowest BCUT2D eigenvalue weighted by atomic mass is 9.99. The Morgan fingerprint density at radius 3 is 2.86 bits per heavy atom. The second-order valence-electron chi connectivity index (χ2n) is 5.89. The maximum Gasteiger partial charge on any atom is 0.133 e. The molecule has 0 saturated carbocycles. The van der Waals surface area contributed by atoms with Crippen LogP contribution in [0.2, 0.25) is 0 Å². The Hall–Kier alpha value is -1.87. The summed E-state index contributed by atoms with van der Waals surface area (Å²) in [7, 11) is 1.98. The van der Waals surface area contributed by atoms with Crippen LogP contribution in [0.3, 0.4) is 0 Å². The smallest absolute Gasteiger partial charge is 0.133 e. The molecule has 0 aliphatic carbocycles. The molecule has 0 amide bonds. The Labute approximate surface area is 127 Å². The van der Waals surface area contributed by atoms with Crippen LogP contribution in [0, 0.1) is 13.8 Å². The van der Waals surface area contributed by atoms with Gasteiger partial charge in [-0.3, -0.25) is 0 Å². The molecular formula is C18H23N3. The highest BCUT2D eigenvalue weighted by Gasteiger charge is 2.19. The molecule has 0 fully saturated rings. The molecule has 0 atom stereocenters. The number of fused-ring (bicyclic) bond motifs is 1. The van der Waals surface area contributed by atoms with Gasteiger partial charge in [0.1, 0.15) is 5.82 Å². The van der Waals surface area contributed by atoms with Gasteiger partial charge in [0.2, 0.25) is 0 Å². The Bertz CT molecular complexity index is 649. The zero-order chi connectivity index (χ0) is 14.8. The fourth-order valence-corrected chi connectivity index (χ4v) is 3.13. The van der Waals surface area contributed by atoms with Gasteiger partial charge in [0.25, 0.3) is 0 Å². The number of pyridine rings is 1. The van der Waals surface area contributed by atoms with E-state index in [1.807, 2.05) is 7.05 Å². The van der Waals surface area contributed by atoms with Crippen molar-refractivity contribution in [3.63, 3.8) is 0 Å². The molecule has 0 radical (unpaired) electrons. The summed E-state index contributed by atoms with van der Waals surface area (Å²) in [6.45, 7) is 6.16. The van der Waals surface area contributed by atoms with Crippen molar-refractivity contribution in [2.45, 2.75) is 33.2 Å². The van der Waals surface area contributed by atoms with E-state index >= 15 is 0 Å². The van der Waals surface area contributed by atoms with Gasteiger partial charge in [-0.2, -0.15) is 0 Å². The number of benzene rings is 1. The van der Waals surface area contributed by atoms with Crippen molar-refractivity contribution in [3.8, 4) is 0 Å². The predicted octanol–water partition coefficient (Wildman–Crippen LogP) is 3.50. The molecule has 110 valence electrons. The largest absolute Gasteiger partial charge is 0.326 e. The van der Waals surface area contributed by atoms with Gasteiger partial charge in [0.15, 0.2) is 0 Å². The highest BCUT2D eigenvalue weighted by molar-refractivity contribution is 5.66. The third-order valence-electron chi connectivity index (χ3n) is 4.01. The van der Waals surface area contributed by atoms with Crippen LogP contribution in [0.15, 0.2) is 30.3 Å². The summed E-state index contributed by atoms with van der Waals surface area (Å²) < 4.78 is 0. The van der Waals surface area contributed by atoms with Gasteiger partial charge in [-0.1, -0.05) is 17.7 Å². The molecule has 2 heterocycles. The second-order valence-corrected chi connectivity index (χ2v) is 5.89. The summed E-state index contributed by atoms with van der Waals surface area (Å²) in [5.41, 5.74) is 6.47. The number of hydrogen-bond acceptors (Lipinski definition) is 3. The minimum atomic E-state index is 0.880. The normalized spacial score (nSPS) is 14.1.